The normalized spacial score (nSPS) is 11.8. The van der Waals surface area contributed by atoms with Crippen LogP contribution in [-0.2, 0) is 28.5 Å². The van der Waals surface area contributed by atoms with Crippen molar-refractivity contribution in [2.24, 2.45) is 5.41 Å². The number of ether oxygens (including phenoxy) is 5. The smallest absolute Gasteiger partial charge is 0.326 e. The maximum absolute atomic E-state index is 12.5. The number of nitrogens with zero attached hydrogens (tertiary/aromatic N) is 1. The second-order valence-corrected chi connectivity index (χ2v) is 5.00. The van der Waals surface area contributed by atoms with Gasteiger partial charge in [-0.05, 0) is 34.6 Å². The van der Waals surface area contributed by atoms with Crippen LogP contribution >= 0.6 is 0 Å². The number of carbonyl (C=O) groups excluding carboxylic acids is 1. The van der Waals surface area contributed by atoms with Crippen LogP contribution in [0.15, 0.2) is 0 Å². The maximum atomic E-state index is 12.5. The predicted molar refractivity (Wildman–Crippen MR) is 88.0 cm³/mol. The van der Waals surface area contributed by atoms with Gasteiger partial charge in [0.05, 0.1) is 12.7 Å². The largest absolute Gasteiger partial charge is 0.465 e. The van der Waals surface area contributed by atoms with Gasteiger partial charge in [0.2, 0.25) is 0 Å². The molecule has 140 valence electrons. The Labute approximate surface area is 145 Å². The van der Waals surface area contributed by atoms with Gasteiger partial charge in [-0.3, -0.25) is 4.79 Å². The molecule has 0 unspecified atom stereocenters. The van der Waals surface area contributed by atoms with Gasteiger partial charge in [-0.15, -0.1) is 0 Å². The van der Waals surface area contributed by atoms with Crippen LogP contribution in [0.2, 0.25) is 0 Å². The van der Waals surface area contributed by atoms with Gasteiger partial charge in [0.25, 0.3) is 0 Å². The Morgan fingerprint density at radius 1 is 0.833 bits per heavy atom. The topological polar surface area (TPSA) is 87.0 Å². The van der Waals surface area contributed by atoms with Crippen molar-refractivity contribution in [1.82, 2.24) is 0 Å². The van der Waals surface area contributed by atoms with Crippen LogP contribution < -0.4 is 0 Å². The molecule has 0 atom stereocenters. The van der Waals surface area contributed by atoms with E-state index < -0.39 is 24.0 Å². The van der Waals surface area contributed by atoms with E-state index in [0.29, 0.717) is 26.4 Å². The Hall–Kier alpha value is -1.20. The zero-order chi connectivity index (χ0) is 18.4. The van der Waals surface area contributed by atoms with Crippen molar-refractivity contribution in [3.63, 3.8) is 0 Å². The van der Waals surface area contributed by atoms with Crippen LogP contribution in [0.1, 0.15) is 47.5 Å². The summed E-state index contributed by atoms with van der Waals surface area (Å²) in [6.07, 6.45) is -1.23. The molecule has 0 saturated heterocycles. The van der Waals surface area contributed by atoms with Crippen LogP contribution in [0.4, 0.5) is 0 Å². The zero-order valence-electron chi connectivity index (χ0n) is 15.5. The molecule has 0 radical (unpaired) electrons. The van der Waals surface area contributed by atoms with E-state index in [-0.39, 0.29) is 19.4 Å². The zero-order valence-corrected chi connectivity index (χ0v) is 15.5. The third-order valence-corrected chi connectivity index (χ3v) is 3.32. The van der Waals surface area contributed by atoms with Gasteiger partial charge in [0, 0.05) is 39.3 Å². The highest BCUT2D eigenvalue weighted by atomic mass is 16.7. The summed E-state index contributed by atoms with van der Waals surface area (Å²) in [5.41, 5.74) is -1.46. The molecule has 0 fully saturated rings. The quantitative estimate of drug-likeness (QED) is 0.353. The third kappa shape index (κ3) is 7.58. The first-order valence-electron chi connectivity index (χ1n) is 8.58. The summed E-state index contributed by atoms with van der Waals surface area (Å²) in [7, 11) is 0. The van der Waals surface area contributed by atoms with Crippen LogP contribution in [-0.4, -0.2) is 51.6 Å². The van der Waals surface area contributed by atoms with E-state index >= 15 is 0 Å². The van der Waals surface area contributed by atoms with Gasteiger partial charge in [-0.1, -0.05) is 0 Å². The number of carbonyl (C=O) groups is 1. The summed E-state index contributed by atoms with van der Waals surface area (Å²) in [5, 5.41) is 9.77. The fourth-order valence-corrected chi connectivity index (χ4v) is 2.30. The molecule has 0 amide bonds. The van der Waals surface area contributed by atoms with E-state index in [1.165, 1.54) is 0 Å². The average Bonchev–Trinajstić information content (AvgIpc) is 2.55. The first kappa shape index (κ1) is 22.8. The third-order valence-electron chi connectivity index (χ3n) is 3.32. The van der Waals surface area contributed by atoms with Gasteiger partial charge >= 0.3 is 5.97 Å². The summed E-state index contributed by atoms with van der Waals surface area (Å²) in [6, 6.07) is 2.10. The van der Waals surface area contributed by atoms with Gasteiger partial charge < -0.3 is 23.7 Å². The SMILES string of the molecule is CCOC(=O)C(C#N)(CC(OCC)OCC)CC(OCC)OCC. The van der Waals surface area contributed by atoms with Crippen LogP contribution in [0.5, 0.6) is 0 Å². The highest BCUT2D eigenvalue weighted by molar-refractivity contribution is 5.80. The molecule has 0 saturated carbocycles. The van der Waals surface area contributed by atoms with Crippen LogP contribution in [0, 0.1) is 16.7 Å². The fourth-order valence-electron chi connectivity index (χ4n) is 2.30. The Balaban J connectivity index is 5.45. The molecule has 0 aliphatic rings. The van der Waals surface area contributed by atoms with Gasteiger partial charge in [-0.2, -0.15) is 5.26 Å². The molecule has 0 aromatic carbocycles. The van der Waals surface area contributed by atoms with E-state index in [1.54, 1.807) is 6.92 Å². The number of nitriles is 1. The summed E-state index contributed by atoms with van der Waals surface area (Å²) in [5.74, 6) is -0.610. The molecule has 0 N–H and O–H groups in total. The molecule has 0 bridgehead atoms. The Morgan fingerprint density at radius 2 is 1.21 bits per heavy atom. The van der Waals surface area contributed by atoms with Crippen molar-refractivity contribution < 1.29 is 28.5 Å². The molecule has 0 rings (SSSR count). The lowest BCUT2D eigenvalue weighted by molar-refractivity contribution is -0.190. The molecule has 0 heterocycles. The first-order chi connectivity index (χ1) is 11.5. The average molecular weight is 345 g/mol. The van der Waals surface area contributed by atoms with E-state index in [2.05, 4.69) is 6.07 Å². The molecule has 0 spiro atoms. The van der Waals surface area contributed by atoms with Gasteiger partial charge in [0.15, 0.2) is 18.0 Å². The van der Waals surface area contributed by atoms with Crippen molar-refractivity contribution in [3.05, 3.63) is 0 Å². The Morgan fingerprint density at radius 3 is 1.46 bits per heavy atom. The summed E-state index contributed by atoms with van der Waals surface area (Å²) in [6.45, 7) is 10.8. The van der Waals surface area contributed by atoms with Crippen molar-refractivity contribution in [2.75, 3.05) is 33.0 Å². The highest BCUT2D eigenvalue weighted by Crippen LogP contribution is 2.33. The number of hydrogen-bond acceptors (Lipinski definition) is 7. The molecule has 0 aromatic heterocycles. The van der Waals surface area contributed by atoms with Crippen molar-refractivity contribution in [1.29, 1.82) is 5.26 Å². The standard InChI is InChI=1S/C17H31NO6/c1-6-20-14(21-7-2)11-17(13-18,16(19)24-10-5)12-15(22-8-3)23-9-4/h14-15H,6-12H2,1-5H3. The molecular formula is C17H31NO6. The number of rotatable bonds is 14. The second-order valence-electron chi connectivity index (χ2n) is 5.00. The minimum Gasteiger partial charge on any atom is -0.465 e. The molecule has 0 aliphatic heterocycles. The van der Waals surface area contributed by atoms with E-state index in [0.717, 1.165) is 0 Å². The van der Waals surface area contributed by atoms with Crippen molar-refractivity contribution in [3.8, 4) is 6.07 Å². The molecule has 7 heteroatoms. The van der Waals surface area contributed by atoms with E-state index in [1.807, 2.05) is 27.7 Å². The summed E-state index contributed by atoms with van der Waals surface area (Å²) < 4.78 is 27.2. The van der Waals surface area contributed by atoms with E-state index in [9.17, 15) is 10.1 Å². The highest BCUT2D eigenvalue weighted by Gasteiger charge is 2.45. The van der Waals surface area contributed by atoms with Gasteiger partial charge in [-0.25, -0.2) is 0 Å². The number of esters is 1. The lowest BCUT2D eigenvalue weighted by Crippen LogP contribution is -2.41. The van der Waals surface area contributed by atoms with Crippen molar-refractivity contribution in [2.45, 2.75) is 60.0 Å². The lowest BCUT2D eigenvalue weighted by Gasteiger charge is -2.31. The summed E-state index contributed by atoms with van der Waals surface area (Å²) in [4.78, 5) is 12.5. The fraction of sp³-hybridized carbons (Fsp3) is 0.882. The Kier molecular flexibility index (Phi) is 12.5. The number of hydrogen-bond donors (Lipinski definition) is 0. The summed E-state index contributed by atoms with van der Waals surface area (Å²) >= 11 is 0. The van der Waals surface area contributed by atoms with E-state index in [4.69, 9.17) is 23.7 Å². The predicted octanol–water partition coefficient (Wildman–Crippen LogP) is 2.64. The maximum Gasteiger partial charge on any atom is 0.326 e. The van der Waals surface area contributed by atoms with Gasteiger partial charge in [0.1, 0.15) is 0 Å². The molecule has 0 aromatic rings. The molecule has 7 nitrogen and oxygen atoms in total. The van der Waals surface area contributed by atoms with Crippen LogP contribution in [0.25, 0.3) is 0 Å². The second kappa shape index (κ2) is 13.1. The Bertz CT molecular complexity index is 352. The minimum absolute atomic E-state index is 0.0562. The molecular weight excluding hydrogens is 314 g/mol. The minimum atomic E-state index is -1.46. The monoisotopic (exact) mass is 345 g/mol. The molecule has 24 heavy (non-hydrogen) atoms. The molecule has 0 aliphatic carbocycles. The van der Waals surface area contributed by atoms with Crippen LogP contribution in [0.3, 0.4) is 0 Å². The lowest BCUT2D eigenvalue weighted by atomic mass is 9.82. The first-order valence-corrected chi connectivity index (χ1v) is 8.58. The van der Waals surface area contributed by atoms with Crippen molar-refractivity contribution >= 4 is 5.97 Å².